The van der Waals surface area contributed by atoms with Gasteiger partial charge in [0.2, 0.25) is 0 Å². The summed E-state index contributed by atoms with van der Waals surface area (Å²) in [6, 6.07) is 18.8. The van der Waals surface area contributed by atoms with Gasteiger partial charge in [0.25, 0.3) is 0 Å². The third-order valence-electron chi connectivity index (χ3n) is 6.24. The van der Waals surface area contributed by atoms with E-state index in [-0.39, 0.29) is 0 Å². The molecule has 1 aliphatic carbocycles. The Morgan fingerprint density at radius 1 is 1.00 bits per heavy atom. The number of allylic oxidation sites excluding steroid dienone is 1. The third-order valence-corrected chi connectivity index (χ3v) is 7.06. The van der Waals surface area contributed by atoms with Gasteiger partial charge in [-0.15, -0.1) is 0 Å². The maximum atomic E-state index is 4.60. The number of benzene rings is 2. The summed E-state index contributed by atoms with van der Waals surface area (Å²) < 4.78 is 5.89. The van der Waals surface area contributed by atoms with Crippen LogP contribution < -0.4 is 10.2 Å². The quantitative estimate of drug-likeness (QED) is 0.226. The lowest BCUT2D eigenvalue weighted by atomic mass is 10.2. The van der Waals surface area contributed by atoms with Crippen LogP contribution in [0.4, 0.5) is 5.82 Å². The average molecular weight is 474 g/mol. The van der Waals surface area contributed by atoms with Gasteiger partial charge >= 0.3 is 0 Å². The molecule has 0 bridgehead atoms. The van der Waals surface area contributed by atoms with Gasteiger partial charge in [-0.3, -0.25) is 0 Å². The predicted octanol–water partition coefficient (Wildman–Crippen LogP) is 7.94. The Bertz CT molecular complexity index is 1080. The summed E-state index contributed by atoms with van der Waals surface area (Å²) in [6.07, 6.45) is 7.66. The fourth-order valence-corrected chi connectivity index (χ4v) is 5.09. The zero-order valence-electron chi connectivity index (χ0n) is 21.0. The molecule has 0 amide bonds. The van der Waals surface area contributed by atoms with Crippen molar-refractivity contribution in [1.29, 1.82) is 0 Å². The number of nitrogens with zero attached hydrogens (tertiary/aromatic N) is 2. The van der Waals surface area contributed by atoms with Crippen molar-refractivity contribution in [1.82, 2.24) is 9.69 Å². The van der Waals surface area contributed by atoms with Crippen molar-refractivity contribution >= 4 is 33.5 Å². The SMILES string of the molecule is C=C(/C=C/c1ccccc1)NCC1C(=C)[C@@H]1CC.CCCN(CCC)c1nsc2ccccc12. The molecule has 0 radical (unpaired) electrons. The molecule has 2 aromatic carbocycles. The minimum Gasteiger partial charge on any atom is -0.385 e. The molecule has 180 valence electrons. The highest BCUT2D eigenvalue weighted by atomic mass is 32.1. The highest BCUT2D eigenvalue weighted by Crippen LogP contribution is 2.46. The Labute approximate surface area is 210 Å². The number of hydrogen-bond acceptors (Lipinski definition) is 4. The molecule has 3 aromatic rings. The van der Waals surface area contributed by atoms with Gasteiger partial charge in [0.05, 0.1) is 4.70 Å². The van der Waals surface area contributed by atoms with Gasteiger partial charge in [0, 0.05) is 36.6 Å². The highest BCUT2D eigenvalue weighted by molar-refractivity contribution is 7.13. The molecule has 1 fully saturated rings. The summed E-state index contributed by atoms with van der Waals surface area (Å²) >= 11 is 1.60. The lowest BCUT2D eigenvalue weighted by Gasteiger charge is -2.21. The van der Waals surface area contributed by atoms with Crippen LogP contribution in [0.2, 0.25) is 0 Å². The topological polar surface area (TPSA) is 28.2 Å². The van der Waals surface area contributed by atoms with Gasteiger partial charge < -0.3 is 10.2 Å². The van der Waals surface area contributed by atoms with Gasteiger partial charge in [0.1, 0.15) is 5.82 Å². The number of rotatable bonds is 11. The smallest absolute Gasteiger partial charge is 0.150 e. The highest BCUT2D eigenvalue weighted by Gasteiger charge is 2.39. The average Bonchev–Trinajstić information content (AvgIpc) is 3.29. The predicted molar refractivity (Wildman–Crippen MR) is 151 cm³/mol. The van der Waals surface area contributed by atoms with Crippen molar-refractivity contribution in [2.75, 3.05) is 24.5 Å². The molecule has 3 nitrogen and oxygen atoms in total. The maximum Gasteiger partial charge on any atom is 0.150 e. The monoisotopic (exact) mass is 473 g/mol. The molecule has 0 aliphatic heterocycles. The zero-order chi connectivity index (χ0) is 24.3. The van der Waals surface area contributed by atoms with E-state index < -0.39 is 0 Å². The summed E-state index contributed by atoms with van der Waals surface area (Å²) in [5, 5.41) is 4.67. The van der Waals surface area contributed by atoms with Crippen LogP contribution in [0.25, 0.3) is 16.2 Å². The second-order valence-corrected chi connectivity index (χ2v) is 9.64. The second-order valence-electron chi connectivity index (χ2n) is 8.84. The van der Waals surface area contributed by atoms with Crippen molar-refractivity contribution in [3.63, 3.8) is 0 Å². The molecular weight excluding hydrogens is 434 g/mol. The molecular formula is C30H39N3S. The summed E-state index contributed by atoms with van der Waals surface area (Å²) in [6.45, 7) is 17.9. The summed E-state index contributed by atoms with van der Waals surface area (Å²) in [7, 11) is 0. The van der Waals surface area contributed by atoms with Crippen molar-refractivity contribution in [2.45, 2.75) is 40.0 Å². The van der Waals surface area contributed by atoms with Crippen LogP contribution in [0.15, 0.2) is 85.1 Å². The maximum absolute atomic E-state index is 4.60. The van der Waals surface area contributed by atoms with Crippen LogP contribution in [0.5, 0.6) is 0 Å². The standard InChI is InChI=1S/C17H21N.C13H18N2S/c1-4-16-14(3)17(16)12-18-13(2)10-11-15-8-6-5-7-9-15;1-3-9-15(10-4-2)13-11-7-5-6-8-12(11)16-14-13/h5-11,16-18H,2-4,12H2,1H3;5-8H,3-4,9-10H2,1-2H3/b11-10+;/t16-,17?;/m0./s1. The van der Waals surface area contributed by atoms with E-state index >= 15 is 0 Å². The van der Waals surface area contributed by atoms with E-state index in [0.717, 1.165) is 31.2 Å². The fraction of sp³-hybridized carbons (Fsp3) is 0.367. The van der Waals surface area contributed by atoms with Crippen LogP contribution in [-0.4, -0.2) is 24.0 Å². The molecule has 34 heavy (non-hydrogen) atoms. The summed E-state index contributed by atoms with van der Waals surface area (Å²) in [5.41, 5.74) is 3.56. The van der Waals surface area contributed by atoms with E-state index in [0.29, 0.717) is 5.92 Å². The van der Waals surface area contributed by atoms with E-state index in [4.69, 9.17) is 0 Å². The Kier molecular flexibility index (Phi) is 9.96. The van der Waals surface area contributed by atoms with Crippen molar-refractivity contribution < 1.29 is 0 Å². The summed E-state index contributed by atoms with van der Waals surface area (Å²) in [5.74, 6) is 2.55. The first-order valence-corrected chi connectivity index (χ1v) is 13.3. The first-order valence-electron chi connectivity index (χ1n) is 12.5. The molecule has 2 atom stereocenters. The van der Waals surface area contributed by atoms with Gasteiger partial charge in [-0.25, -0.2) is 0 Å². The minimum absolute atomic E-state index is 0.650. The largest absolute Gasteiger partial charge is 0.385 e. The van der Waals surface area contributed by atoms with E-state index in [1.54, 1.807) is 11.5 Å². The van der Waals surface area contributed by atoms with Gasteiger partial charge in [-0.05, 0) is 60.5 Å². The Hall–Kier alpha value is -2.85. The zero-order valence-corrected chi connectivity index (χ0v) is 21.8. The first-order chi connectivity index (χ1) is 16.6. The van der Waals surface area contributed by atoms with Crippen LogP contribution in [0.1, 0.15) is 45.6 Å². The molecule has 4 heteroatoms. The molecule has 0 saturated heterocycles. The number of hydrogen-bond donors (Lipinski definition) is 1. The fourth-order valence-electron chi connectivity index (χ4n) is 4.29. The molecule has 1 unspecified atom stereocenters. The Morgan fingerprint density at radius 3 is 2.32 bits per heavy atom. The van der Waals surface area contributed by atoms with Crippen LogP contribution in [0.3, 0.4) is 0 Å². The number of anilines is 1. The first kappa shape index (κ1) is 25.8. The Morgan fingerprint density at radius 2 is 1.68 bits per heavy atom. The second kappa shape index (κ2) is 13.1. The number of nitrogens with one attached hydrogen (secondary N) is 1. The van der Waals surface area contributed by atoms with Crippen LogP contribution >= 0.6 is 11.5 Å². The number of fused-ring (bicyclic) bond motifs is 1. The molecule has 4 rings (SSSR count). The van der Waals surface area contributed by atoms with Crippen LogP contribution in [0, 0.1) is 11.8 Å². The molecule has 1 aliphatic rings. The van der Waals surface area contributed by atoms with Crippen molar-refractivity contribution in [3.8, 4) is 0 Å². The molecule has 1 N–H and O–H groups in total. The van der Waals surface area contributed by atoms with Gasteiger partial charge in [-0.1, -0.05) is 88.0 Å². The van der Waals surface area contributed by atoms with E-state index in [2.05, 4.69) is 91.0 Å². The minimum atomic E-state index is 0.650. The lowest BCUT2D eigenvalue weighted by molar-refractivity contribution is 0.641. The van der Waals surface area contributed by atoms with E-state index in [1.807, 2.05) is 24.3 Å². The number of aromatic nitrogens is 1. The Balaban J connectivity index is 0.000000192. The third kappa shape index (κ3) is 7.07. The van der Waals surface area contributed by atoms with E-state index in [9.17, 15) is 0 Å². The van der Waals surface area contributed by atoms with Crippen molar-refractivity contribution in [3.05, 3.63) is 90.7 Å². The van der Waals surface area contributed by atoms with Crippen LogP contribution in [-0.2, 0) is 0 Å². The normalized spacial score (nSPS) is 16.9. The lowest BCUT2D eigenvalue weighted by Crippen LogP contribution is -2.25. The summed E-state index contributed by atoms with van der Waals surface area (Å²) in [4.78, 5) is 2.40. The van der Waals surface area contributed by atoms with Gasteiger partial charge in [0.15, 0.2) is 0 Å². The van der Waals surface area contributed by atoms with Gasteiger partial charge in [-0.2, -0.15) is 4.37 Å². The molecule has 1 aromatic heterocycles. The molecule has 1 saturated carbocycles. The molecule has 0 spiro atoms. The molecule has 1 heterocycles. The van der Waals surface area contributed by atoms with E-state index in [1.165, 1.54) is 46.3 Å². The van der Waals surface area contributed by atoms with Crippen molar-refractivity contribution in [2.24, 2.45) is 11.8 Å².